The van der Waals surface area contributed by atoms with Crippen molar-refractivity contribution in [2.75, 3.05) is 19.6 Å². The number of carboxylic acid groups (broad SMARTS) is 1. The minimum absolute atomic E-state index is 0.0625. The standard InChI is InChI=1S/C25H45N9O7/c1-5-13(2)19(26)23(39)30-12-18(35)34-11-7-9-17(34)22(38)31-14(3)20(36)33-16(8-6-10-29-25(27)28)21(37)32-15(4)24(40)41/h13-17,19H,5-12,26H2,1-4H3,(H,30,39)(H,31,38)(H,32,37)(H,33,36)(H,40,41)(H4,27,28,29). The molecule has 1 fully saturated rings. The highest BCUT2D eigenvalue weighted by atomic mass is 16.4. The summed E-state index contributed by atoms with van der Waals surface area (Å²) in [7, 11) is 0. The number of guanidine groups is 1. The molecule has 1 aliphatic heterocycles. The SMILES string of the molecule is CCC(C)C(N)C(=O)NCC(=O)N1CCCC1C(=O)NC(C)C(=O)NC(CCCN=C(N)N)C(=O)NC(C)C(=O)O. The smallest absolute Gasteiger partial charge is 0.325 e. The Morgan fingerprint density at radius 2 is 1.63 bits per heavy atom. The van der Waals surface area contributed by atoms with E-state index < -0.39 is 65.7 Å². The van der Waals surface area contributed by atoms with E-state index in [4.69, 9.17) is 22.3 Å². The zero-order valence-corrected chi connectivity index (χ0v) is 24.1. The van der Waals surface area contributed by atoms with Gasteiger partial charge in [-0.25, -0.2) is 0 Å². The average molecular weight is 584 g/mol. The van der Waals surface area contributed by atoms with Crippen LogP contribution in [0.2, 0.25) is 0 Å². The molecule has 0 aliphatic carbocycles. The number of hydrogen-bond donors (Lipinski definition) is 8. The van der Waals surface area contributed by atoms with Crippen LogP contribution < -0.4 is 38.5 Å². The van der Waals surface area contributed by atoms with Gasteiger partial charge in [0.2, 0.25) is 29.5 Å². The van der Waals surface area contributed by atoms with Crippen LogP contribution in [0.3, 0.4) is 0 Å². The van der Waals surface area contributed by atoms with Crippen LogP contribution >= 0.6 is 0 Å². The molecule has 41 heavy (non-hydrogen) atoms. The van der Waals surface area contributed by atoms with Gasteiger partial charge in [-0.3, -0.25) is 33.8 Å². The Balaban J connectivity index is 2.78. The molecular weight excluding hydrogens is 538 g/mol. The van der Waals surface area contributed by atoms with Crippen molar-refractivity contribution < 1.29 is 33.9 Å². The number of nitrogens with two attached hydrogens (primary N) is 3. The van der Waals surface area contributed by atoms with Crippen LogP contribution in [0.25, 0.3) is 0 Å². The van der Waals surface area contributed by atoms with Gasteiger partial charge in [0.05, 0.1) is 12.6 Å². The zero-order chi connectivity index (χ0) is 31.3. The molecule has 0 aromatic carbocycles. The topological polar surface area (TPSA) is 264 Å². The highest BCUT2D eigenvalue weighted by molar-refractivity contribution is 5.95. The third-order valence-corrected chi connectivity index (χ3v) is 6.91. The maximum atomic E-state index is 13.0. The van der Waals surface area contributed by atoms with Crippen molar-refractivity contribution in [2.24, 2.45) is 28.1 Å². The van der Waals surface area contributed by atoms with Gasteiger partial charge in [0.15, 0.2) is 5.96 Å². The van der Waals surface area contributed by atoms with Crippen LogP contribution in [0.4, 0.5) is 0 Å². The summed E-state index contributed by atoms with van der Waals surface area (Å²) in [5.74, 6) is -4.32. The fourth-order valence-corrected chi connectivity index (χ4v) is 4.05. The van der Waals surface area contributed by atoms with Crippen LogP contribution in [0.5, 0.6) is 0 Å². The van der Waals surface area contributed by atoms with Crippen molar-refractivity contribution in [3.05, 3.63) is 0 Å². The first kappa shape index (κ1) is 35.1. The lowest BCUT2D eigenvalue weighted by atomic mass is 9.99. The Morgan fingerprint density at radius 3 is 2.22 bits per heavy atom. The van der Waals surface area contributed by atoms with E-state index in [0.29, 0.717) is 32.2 Å². The van der Waals surface area contributed by atoms with Gasteiger partial charge in [-0.15, -0.1) is 0 Å². The molecule has 6 unspecified atom stereocenters. The zero-order valence-electron chi connectivity index (χ0n) is 24.1. The largest absolute Gasteiger partial charge is 0.480 e. The minimum atomic E-state index is -1.25. The lowest BCUT2D eigenvalue weighted by Crippen LogP contribution is -2.57. The van der Waals surface area contributed by atoms with Crippen molar-refractivity contribution in [1.82, 2.24) is 26.2 Å². The normalized spacial score (nSPS) is 18.2. The van der Waals surface area contributed by atoms with Crippen LogP contribution in [-0.4, -0.2) is 101 Å². The van der Waals surface area contributed by atoms with Gasteiger partial charge < -0.3 is 48.5 Å². The molecule has 1 heterocycles. The molecule has 1 aliphatic rings. The maximum absolute atomic E-state index is 13.0. The van der Waals surface area contributed by atoms with Crippen molar-refractivity contribution in [2.45, 2.75) is 90.0 Å². The first-order valence-electron chi connectivity index (χ1n) is 13.7. The maximum Gasteiger partial charge on any atom is 0.325 e. The van der Waals surface area contributed by atoms with Gasteiger partial charge in [-0.1, -0.05) is 20.3 Å². The molecule has 1 saturated heterocycles. The molecular formula is C25H45N9O7. The summed E-state index contributed by atoms with van der Waals surface area (Å²) >= 11 is 0. The van der Waals surface area contributed by atoms with Crippen molar-refractivity contribution >= 4 is 41.5 Å². The highest BCUT2D eigenvalue weighted by Crippen LogP contribution is 2.18. The predicted octanol–water partition coefficient (Wildman–Crippen LogP) is -2.90. The first-order chi connectivity index (χ1) is 19.2. The van der Waals surface area contributed by atoms with E-state index >= 15 is 0 Å². The predicted molar refractivity (Wildman–Crippen MR) is 150 cm³/mol. The van der Waals surface area contributed by atoms with Crippen LogP contribution in [-0.2, 0) is 28.8 Å². The number of amides is 5. The fraction of sp³-hybridized carbons (Fsp3) is 0.720. The van der Waals surface area contributed by atoms with Crippen molar-refractivity contribution in [3.63, 3.8) is 0 Å². The Morgan fingerprint density at radius 1 is 0.976 bits per heavy atom. The lowest BCUT2D eigenvalue weighted by molar-refractivity contribution is -0.142. The monoisotopic (exact) mass is 583 g/mol. The lowest BCUT2D eigenvalue weighted by Gasteiger charge is -2.27. The van der Waals surface area contributed by atoms with E-state index in [-0.39, 0.29) is 31.4 Å². The summed E-state index contributed by atoms with van der Waals surface area (Å²) in [6, 6.07) is -4.99. The molecule has 0 bridgehead atoms. The third kappa shape index (κ3) is 11.6. The Kier molecular flexibility index (Phi) is 14.5. The minimum Gasteiger partial charge on any atom is -0.480 e. The molecule has 232 valence electrons. The van der Waals surface area contributed by atoms with Gasteiger partial charge in [0.1, 0.15) is 24.2 Å². The van der Waals surface area contributed by atoms with Crippen LogP contribution in [0.1, 0.15) is 59.8 Å². The Labute approximate surface area is 239 Å². The van der Waals surface area contributed by atoms with Crippen LogP contribution in [0.15, 0.2) is 4.99 Å². The molecule has 0 saturated carbocycles. The van der Waals surface area contributed by atoms with Gasteiger partial charge in [-0.2, -0.15) is 0 Å². The summed E-state index contributed by atoms with van der Waals surface area (Å²) in [5, 5.41) is 19.0. The molecule has 16 nitrogen and oxygen atoms in total. The number of rotatable bonds is 16. The van der Waals surface area contributed by atoms with Gasteiger partial charge in [0.25, 0.3) is 0 Å². The second kappa shape index (κ2) is 17.0. The second-order valence-electron chi connectivity index (χ2n) is 10.2. The number of nitrogens with one attached hydrogen (secondary N) is 4. The molecule has 1 rings (SSSR count). The number of likely N-dealkylation sites (tertiary alicyclic amines) is 1. The van der Waals surface area contributed by atoms with E-state index in [1.165, 1.54) is 18.7 Å². The molecule has 5 amide bonds. The molecule has 16 heteroatoms. The van der Waals surface area contributed by atoms with Crippen molar-refractivity contribution in [1.29, 1.82) is 0 Å². The van der Waals surface area contributed by atoms with Crippen molar-refractivity contribution in [3.8, 4) is 0 Å². The number of aliphatic carboxylic acids is 1. The second-order valence-corrected chi connectivity index (χ2v) is 10.2. The third-order valence-electron chi connectivity index (χ3n) is 6.91. The molecule has 0 spiro atoms. The molecule has 0 radical (unpaired) electrons. The summed E-state index contributed by atoms with van der Waals surface area (Å²) < 4.78 is 0. The number of carbonyl (C=O) groups is 6. The number of nitrogens with zero attached hydrogens (tertiary/aromatic N) is 2. The van der Waals surface area contributed by atoms with E-state index in [1.54, 1.807) is 0 Å². The highest BCUT2D eigenvalue weighted by Gasteiger charge is 2.36. The molecule has 0 aromatic rings. The number of carboxylic acids is 1. The Hall–Kier alpha value is -3.95. The average Bonchev–Trinajstić information content (AvgIpc) is 3.42. The molecule has 0 aromatic heterocycles. The van der Waals surface area contributed by atoms with E-state index in [1.807, 2.05) is 13.8 Å². The van der Waals surface area contributed by atoms with E-state index in [9.17, 15) is 28.8 Å². The summed E-state index contributed by atoms with van der Waals surface area (Å²) in [6.45, 7) is 6.61. The summed E-state index contributed by atoms with van der Waals surface area (Å²) in [6.07, 6.45) is 2.03. The fourth-order valence-electron chi connectivity index (χ4n) is 4.05. The molecule has 11 N–H and O–H groups in total. The first-order valence-corrected chi connectivity index (χ1v) is 13.7. The van der Waals surface area contributed by atoms with Crippen LogP contribution in [0, 0.1) is 5.92 Å². The van der Waals surface area contributed by atoms with Gasteiger partial charge in [0, 0.05) is 13.1 Å². The Bertz CT molecular complexity index is 986. The number of carbonyl (C=O) groups excluding carboxylic acids is 5. The van der Waals surface area contributed by atoms with E-state index in [2.05, 4.69) is 26.3 Å². The number of aliphatic imine (C=N–C) groups is 1. The van der Waals surface area contributed by atoms with E-state index in [0.717, 1.165) is 0 Å². The molecule has 6 atom stereocenters. The van der Waals surface area contributed by atoms with Gasteiger partial charge >= 0.3 is 5.97 Å². The van der Waals surface area contributed by atoms with Gasteiger partial charge in [-0.05, 0) is 45.4 Å². The summed E-state index contributed by atoms with van der Waals surface area (Å²) in [4.78, 5) is 79.8. The number of hydrogen-bond acceptors (Lipinski definition) is 8. The quantitative estimate of drug-likeness (QED) is 0.0521. The summed E-state index contributed by atoms with van der Waals surface area (Å²) in [5.41, 5.74) is 16.5.